The first-order chi connectivity index (χ1) is 8.47. The summed E-state index contributed by atoms with van der Waals surface area (Å²) in [6.07, 6.45) is 0. The summed E-state index contributed by atoms with van der Waals surface area (Å²) in [5.74, 6) is -0.225. The Bertz CT molecular complexity index is 599. The maximum absolute atomic E-state index is 13.6. The van der Waals surface area contributed by atoms with Gasteiger partial charge in [-0.2, -0.15) is 0 Å². The Hall–Kier alpha value is -0.750. The van der Waals surface area contributed by atoms with E-state index in [0.29, 0.717) is 9.26 Å². The highest BCUT2D eigenvalue weighted by molar-refractivity contribution is 14.1. The lowest BCUT2D eigenvalue weighted by atomic mass is 10.2. The minimum atomic E-state index is -0.225. The van der Waals surface area contributed by atoms with Gasteiger partial charge in [-0.25, -0.2) is 4.39 Å². The first-order valence-corrected chi connectivity index (χ1v) is 7.36. The molecule has 0 saturated heterocycles. The van der Waals surface area contributed by atoms with Crippen molar-refractivity contribution in [3.63, 3.8) is 0 Å². The fourth-order valence-electron chi connectivity index (χ4n) is 1.66. The van der Waals surface area contributed by atoms with Crippen molar-refractivity contribution in [1.82, 2.24) is 0 Å². The molecule has 0 unspecified atom stereocenters. The second-order valence-electron chi connectivity index (χ2n) is 4.18. The van der Waals surface area contributed by atoms with Gasteiger partial charge in [-0.1, -0.05) is 29.5 Å². The van der Waals surface area contributed by atoms with E-state index in [9.17, 15) is 4.39 Å². The summed E-state index contributed by atoms with van der Waals surface area (Å²) >= 11 is 3.45. The fraction of sp³-hybridized carbons (Fsp3) is 0.143. The van der Waals surface area contributed by atoms with Crippen LogP contribution in [0.5, 0.6) is 0 Å². The van der Waals surface area contributed by atoms with E-state index >= 15 is 0 Å². The van der Waals surface area contributed by atoms with Crippen LogP contribution in [0.4, 0.5) is 10.1 Å². The minimum absolute atomic E-state index is 0.225. The van der Waals surface area contributed by atoms with Crippen molar-refractivity contribution >= 4 is 40.0 Å². The van der Waals surface area contributed by atoms with E-state index in [-0.39, 0.29) is 5.82 Å². The molecule has 2 aromatic rings. The maximum Gasteiger partial charge on any atom is 0.137 e. The van der Waals surface area contributed by atoms with Crippen LogP contribution >= 0.6 is 34.4 Å². The molecule has 0 aliphatic heterocycles. The lowest BCUT2D eigenvalue weighted by molar-refractivity contribution is 0.617. The first kappa shape index (κ1) is 13.7. The van der Waals surface area contributed by atoms with Crippen LogP contribution in [-0.4, -0.2) is 0 Å². The van der Waals surface area contributed by atoms with E-state index in [2.05, 4.69) is 26.0 Å². The van der Waals surface area contributed by atoms with Crippen LogP contribution in [0.1, 0.15) is 11.1 Å². The zero-order valence-electron chi connectivity index (χ0n) is 10.1. The van der Waals surface area contributed by atoms with Crippen LogP contribution in [-0.2, 0) is 0 Å². The van der Waals surface area contributed by atoms with Gasteiger partial charge in [-0.05, 0) is 60.2 Å². The van der Waals surface area contributed by atoms with E-state index in [1.165, 1.54) is 29.0 Å². The van der Waals surface area contributed by atoms with Gasteiger partial charge >= 0.3 is 0 Å². The van der Waals surface area contributed by atoms with E-state index in [4.69, 9.17) is 5.73 Å². The third-order valence-electron chi connectivity index (χ3n) is 2.60. The molecule has 0 fully saturated rings. The lowest BCUT2D eigenvalue weighted by Gasteiger charge is -2.09. The monoisotopic (exact) mass is 373 g/mol. The number of aryl methyl sites for hydroxylation is 2. The minimum Gasteiger partial charge on any atom is -0.398 e. The zero-order valence-corrected chi connectivity index (χ0v) is 13.1. The van der Waals surface area contributed by atoms with Gasteiger partial charge in [-0.3, -0.25) is 0 Å². The van der Waals surface area contributed by atoms with Crippen molar-refractivity contribution in [3.05, 3.63) is 50.8 Å². The van der Waals surface area contributed by atoms with Gasteiger partial charge in [0.1, 0.15) is 5.82 Å². The van der Waals surface area contributed by atoms with Gasteiger partial charge in [-0.15, -0.1) is 0 Å². The Morgan fingerprint density at radius 1 is 1.11 bits per heavy atom. The van der Waals surface area contributed by atoms with Gasteiger partial charge < -0.3 is 5.73 Å². The molecule has 94 valence electrons. The third-order valence-corrected chi connectivity index (χ3v) is 4.68. The zero-order chi connectivity index (χ0) is 13.3. The highest BCUT2D eigenvalue weighted by Crippen LogP contribution is 2.35. The van der Waals surface area contributed by atoms with Crippen LogP contribution in [0.25, 0.3) is 0 Å². The maximum atomic E-state index is 13.6. The van der Waals surface area contributed by atoms with Gasteiger partial charge in [0.2, 0.25) is 0 Å². The number of rotatable bonds is 2. The lowest BCUT2D eigenvalue weighted by Crippen LogP contribution is -1.93. The highest BCUT2D eigenvalue weighted by atomic mass is 127. The molecule has 0 radical (unpaired) electrons. The van der Waals surface area contributed by atoms with Crippen molar-refractivity contribution in [2.24, 2.45) is 0 Å². The second kappa shape index (κ2) is 5.48. The third kappa shape index (κ3) is 2.98. The average Bonchev–Trinajstić information content (AvgIpc) is 2.29. The van der Waals surface area contributed by atoms with Gasteiger partial charge in [0.25, 0.3) is 0 Å². The first-order valence-electron chi connectivity index (χ1n) is 5.47. The molecule has 1 nitrogen and oxygen atoms in total. The summed E-state index contributed by atoms with van der Waals surface area (Å²) in [6, 6.07) is 9.38. The highest BCUT2D eigenvalue weighted by Gasteiger charge is 2.09. The van der Waals surface area contributed by atoms with Gasteiger partial charge in [0.05, 0.1) is 3.57 Å². The SMILES string of the molecule is Cc1ccc(Sc2cc(F)c(I)cc2N)c(C)c1. The smallest absolute Gasteiger partial charge is 0.137 e. The van der Waals surface area contributed by atoms with E-state index < -0.39 is 0 Å². The van der Waals surface area contributed by atoms with Crippen LogP contribution in [0.15, 0.2) is 40.1 Å². The van der Waals surface area contributed by atoms with Gasteiger partial charge in [0, 0.05) is 15.5 Å². The number of hydrogen-bond donors (Lipinski definition) is 1. The number of anilines is 1. The quantitative estimate of drug-likeness (QED) is 0.606. The Labute approximate surface area is 124 Å². The summed E-state index contributed by atoms with van der Waals surface area (Å²) in [4.78, 5) is 1.87. The predicted molar refractivity (Wildman–Crippen MR) is 83.6 cm³/mol. The number of benzene rings is 2. The van der Waals surface area contributed by atoms with Crippen LogP contribution in [0, 0.1) is 23.2 Å². The van der Waals surface area contributed by atoms with Gasteiger partial charge in [0.15, 0.2) is 0 Å². The Balaban J connectivity index is 2.37. The predicted octanol–water partition coefficient (Wildman–Crippen LogP) is 4.78. The Morgan fingerprint density at radius 2 is 1.83 bits per heavy atom. The summed E-state index contributed by atoms with van der Waals surface area (Å²) in [5.41, 5.74) is 8.94. The molecule has 0 amide bonds. The summed E-state index contributed by atoms with van der Waals surface area (Å²) in [5, 5.41) is 0. The second-order valence-corrected chi connectivity index (χ2v) is 6.42. The van der Waals surface area contributed by atoms with Crippen molar-refractivity contribution in [2.45, 2.75) is 23.6 Å². The molecule has 0 atom stereocenters. The van der Waals surface area contributed by atoms with Crippen molar-refractivity contribution in [2.75, 3.05) is 5.73 Å². The van der Waals surface area contributed by atoms with Crippen LogP contribution < -0.4 is 5.73 Å². The van der Waals surface area contributed by atoms with E-state index in [1.54, 1.807) is 6.07 Å². The Morgan fingerprint density at radius 3 is 2.50 bits per heavy atom. The molecule has 0 aliphatic carbocycles. The Kier molecular flexibility index (Phi) is 4.17. The van der Waals surface area contributed by atoms with Crippen LogP contribution in [0.2, 0.25) is 0 Å². The van der Waals surface area contributed by atoms with E-state index in [0.717, 1.165) is 9.79 Å². The average molecular weight is 373 g/mol. The largest absolute Gasteiger partial charge is 0.398 e. The summed E-state index contributed by atoms with van der Waals surface area (Å²) < 4.78 is 14.1. The molecule has 0 spiro atoms. The summed E-state index contributed by atoms with van der Waals surface area (Å²) in [6.45, 7) is 4.11. The summed E-state index contributed by atoms with van der Waals surface area (Å²) in [7, 11) is 0. The number of nitrogens with two attached hydrogens (primary N) is 1. The standard InChI is InChI=1S/C14H13FINS/c1-8-3-4-13(9(2)5-8)18-14-6-10(15)11(16)7-12(14)17/h3-7H,17H2,1-2H3. The molecular formula is C14H13FINS. The van der Waals surface area contributed by atoms with E-state index in [1.807, 2.05) is 28.7 Å². The fourth-order valence-corrected chi connectivity index (χ4v) is 3.09. The topological polar surface area (TPSA) is 26.0 Å². The normalized spacial score (nSPS) is 10.7. The van der Waals surface area contributed by atoms with Crippen molar-refractivity contribution in [3.8, 4) is 0 Å². The molecule has 0 aromatic heterocycles. The molecular weight excluding hydrogens is 360 g/mol. The number of halogens is 2. The molecule has 18 heavy (non-hydrogen) atoms. The van der Waals surface area contributed by atoms with Crippen molar-refractivity contribution < 1.29 is 4.39 Å². The number of nitrogen functional groups attached to an aromatic ring is 1. The molecule has 0 heterocycles. The van der Waals surface area contributed by atoms with Crippen LogP contribution in [0.3, 0.4) is 0 Å². The molecule has 0 aliphatic rings. The molecule has 0 saturated carbocycles. The van der Waals surface area contributed by atoms with Crippen molar-refractivity contribution in [1.29, 1.82) is 0 Å². The molecule has 2 aromatic carbocycles. The molecule has 4 heteroatoms. The number of hydrogen-bond acceptors (Lipinski definition) is 2. The molecule has 2 rings (SSSR count). The molecule has 0 bridgehead atoms. The molecule has 2 N–H and O–H groups in total.